The Kier molecular flexibility index (Phi) is 12.5. The van der Waals surface area contributed by atoms with Crippen molar-refractivity contribution in [2.45, 2.75) is 77.0 Å². The lowest BCUT2D eigenvalue weighted by molar-refractivity contribution is -0.126. The molecule has 0 aliphatic rings. The van der Waals surface area contributed by atoms with Gasteiger partial charge in [0.05, 0.1) is 29.5 Å². The molecule has 1 N–H and O–H groups in total. The van der Waals surface area contributed by atoms with Crippen LogP contribution in [0.2, 0.25) is 0 Å². The van der Waals surface area contributed by atoms with Crippen LogP contribution in [0.3, 0.4) is 0 Å². The highest BCUT2D eigenvalue weighted by Crippen LogP contribution is 2.30. The van der Waals surface area contributed by atoms with E-state index in [9.17, 15) is 5.11 Å². The molecule has 0 aromatic rings. The summed E-state index contributed by atoms with van der Waals surface area (Å²) in [5.74, 6) is 2.20. The van der Waals surface area contributed by atoms with Gasteiger partial charge in [0.2, 0.25) is 0 Å². The quantitative estimate of drug-likeness (QED) is 0.553. The third kappa shape index (κ3) is 9.50. The third-order valence-electron chi connectivity index (χ3n) is 2.62. The highest BCUT2D eigenvalue weighted by molar-refractivity contribution is 8.16. The predicted octanol–water partition coefficient (Wildman–Crippen LogP) is 3.79. The second-order valence-corrected chi connectivity index (χ2v) is 8.46. The van der Waals surface area contributed by atoms with Crippen molar-refractivity contribution < 1.29 is 14.6 Å². The van der Waals surface area contributed by atoms with Gasteiger partial charge in [-0.15, -0.1) is 23.5 Å². The zero-order valence-electron chi connectivity index (χ0n) is 13.8. The van der Waals surface area contributed by atoms with Crippen molar-refractivity contribution in [1.82, 2.24) is 0 Å². The fourth-order valence-electron chi connectivity index (χ4n) is 1.99. The lowest BCUT2D eigenvalue weighted by atomic mass is 10.1. The number of thioether (sulfide) groups is 2. The van der Waals surface area contributed by atoms with E-state index >= 15 is 0 Å². The molecule has 0 aliphatic carbocycles. The molecule has 3 nitrogen and oxygen atoms in total. The fraction of sp³-hybridized carbons (Fsp3) is 1.00. The third-order valence-corrected chi connectivity index (χ3v) is 5.23. The van der Waals surface area contributed by atoms with Crippen LogP contribution in [0.15, 0.2) is 0 Å². The van der Waals surface area contributed by atoms with E-state index in [1.54, 1.807) is 0 Å². The summed E-state index contributed by atoms with van der Waals surface area (Å²) in [6.45, 7) is 12.4. The Balaban J connectivity index is 4.72. The number of hydrogen-bond acceptors (Lipinski definition) is 5. The van der Waals surface area contributed by atoms with E-state index < -0.39 is 0 Å². The maximum atomic E-state index is 9.61. The maximum Gasteiger partial charge on any atom is 0.107 e. The molecule has 0 amide bonds. The lowest BCUT2D eigenvalue weighted by Gasteiger charge is -2.31. The molecule has 0 aliphatic heterocycles. The van der Waals surface area contributed by atoms with E-state index in [0.717, 1.165) is 17.9 Å². The smallest absolute Gasteiger partial charge is 0.107 e. The van der Waals surface area contributed by atoms with Crippen molar-refractivity contribution in [2.24, 2.45) is 0 Å². The molecule has 0 rings (SSSR count). The van der Waals surface area contributed by atoms with Crippen molar-refractivity contribution in [1.29, 1.82) is 0 Å². The number of aliphatic hydroxyl groups excluding tert-OH is 1. The average Bonchev–Trinajstić information content (AvgIpc) is 2.35. The SMILES string of the molecule is CCSC(CC(OC(C)C)C(CO)OC(C)C)SCC. The Morgan fingerprint density at radius 2 is 1.30 bits per heavy atom. The van der Waals surface area contributed by atoms with Crippen LogP contribution in [-0.4, -0.2) is 52.2 Å². The zero-order chi connectivity index (χ0) is 15.5. The van der Waals surface area contributed by atoms with Crippen molar-refractivity contribution in [2.75, 3.05) is 18.1 Å². The maximum absolute atomic E-state index is 9.61. The molecule has 0 fully saturated rings. The molecule has 0 saturated carbocycles. The van der Waals surface area contributed by atoms with Crippen LogP contribution >= 0.6 is 23.5 Å². The molecule has 0 aromatic carbocycles. The Morgan fingerprint density at radius 1 is 0.850 bits per heavy atom. The van der Waals surface area contributed by atoms with E-state index in [0.29, 0.717) is 4.58 Å². The second-order valence-electron chi connectivity index (χ2n) is 5.21. The van der Waals surface area contributed by atoms with Gasteiger partial charge in [-0.1, -0.05) is 13.8 Å². The van der Waals surface area contributed by atoms with E-state index in [-0.39, 0.29) is 31.0 Å². The summed E-state index contributed by atoms with van der Waals surface area (Å²) in [5, 5.41) is 9.61. The summed E-state index contributed by atoms with van der Waals surface area (Å²) in [5.41, 5.74) is 0. The standard InChI is InChI=1S/C15H32O3S2/c1-7-19-15(20-8-2)9-13(17-11(3)4)14(10-16)18-12(5)6/h11-16H,7-10H2,1-6H3. The number of hydrogen-bond donors (Lipinski definition) is 1. The van der Waals surface area contributed by atoms with Crippen molar-refractivity contribution in [3.8, 4) is 0 Å². The van der Waals surface area contributed by atoms with Gasteiger partial charge < -0.3 is 14.6 Å². The summed E-state index contributed by atoms with van der Waals surface area (Å²) in [6, 6.07) is 0. The average molecular weight is 325 g/mol. The molecule has 0 saturated heterocycles. The van der Waals surface area contributed by atoms with Crippen molar-refractivity contribution >= 4 is 23.5 Å². The first-order valence-electron chi connectivity index (χ1n) is 7.59. The van der Waals surface area contributed by atoms with Crippen LogP contribution in [-0.2, 0) is 9.47 Å². The second kappa shape index (κ2) is 12.2. The topological polar surface area (TPSA) is 38.7 Å². The first kappa shape index (κ1) is 20.6. The largest absolute Gasteiger partial charge is 0.394 e. The molecular weight excluding hydrogens is 292 g/mol. The van der Waals surface area contributed by atoms with Crippen LogP contribution in [0.1, 0.15) is 48.0 Å². The van der Waals surface area contributed by atoms with Gasteiger partial charge in [0, 0.05) is 0 Å². The Morgan fingerprint density at radius 3 is 1.65 bits per heavy atom. The highest BCUT2D eigenvalue weighted by Gasteiger charge is 2.27. The summed E-state index contributed by atoms with van der Waals surface area (Å²) in [6.07, 6.45) is 0.859. The highest BCUT2D eigenvalue weighted by atomic mass is 32.2. The van der Waals surface area contributed by atoms with E-state index in [2.05, 4.69) is 13.8 Å². The number of ether oxygens (including phenoxy) is 2. The Labute approximate surface area is 133 Å². The molecule has 2 unspecified atom stereocenters. The zero-order valence-corrected chi connectivity index (χ0v) is 15.4. The summed E-state index contributed by atoms with van der Waals surface area (Å²) in [7, 11) is 0. The van der Waals surface area contributed by atoms with Crippen molar-refractivity contribution in [3.05, 3.63) is 0 Å². The minimum atomic E-state index is -0.241. The Bertz CT molecular complexity index is 219. The van der Waals surface area contributed by atoms with E-state index in [1.807, 2.05) is 51.2 Å². The van der Waals surface area contributed by atoms with E-state index in [4.69, 9.17) is 9.47 Å². The molecule has 0 bridgehead atoms. The molecule has 2 atom stereocenters. The molecule has 0 aromatic heterocycles. The molecule has 20 heavy (non-hydrogen) atoms. The minimum Gasteiger partial charge on any atom is -0.394 e. The monoisotopic (exact) mass is 324 g/mol. The minimum absolute atomic E-state index is 0.00979. The number of aliphatic hydroxyl groups is 1. The van der Waals surface area contributed by atoms with E-state index in [1.165, 1.54) is 0 Å². The van der Waals surface area contributed by atoms with Gasteiger partial charge in [0.1, 0.15) is 6.10 Å². The molecule has 0 heterocycles. The molecule has 0 radical (unpaired) electrons. The van der Waals surface area contributed by atoms with Crippen molar-refractivity contribution in [3.63, 3.8) is 0 Å². The van der Waals surface area contributed by atoms with Crippen LogP contribution in [0.25, 0.3) is 0 Å². The van der Waals surface area contributed by atoms with Gasteiger partial charge >= 0.3 is 0 Å². The van der Waals surface area contributed by atoms with Gasteiger partial charge in [0.25, 0.3) is 0 Å². The first-order valence-corrected chi connectivity index (χ1v) is 9.69. The summed E-state index contributed by atoms with van der Waals surface area (Å²) in [4.78, 5) is 0. The molecule has 122 valence electrons. The van der Waals surface area contributed by atoms with Gasteiger partial charge in [0.15, 0.2) is 0 Å². The first-order chi connectivity index (χ1) is 9.44. The fourth-order valence-corrected chi connectivity index (χ4v) is 4.58. The predicted molar refractivity (Wildman–Crippen MR) is 91.8 cm³/mol. The van der Waals surface area contributed by atoms with Crippen LogP contribution in [0.4, 0.5) is 0 Å². The number of rotatable bonds is 12. The molecular formula is C15H32O3S2. The summed E-state index contributed by atoms with van der Waals surface area (Å²) >= 11 is 3.90. The molecule has 5 heteroatoms. The Hall–Kier alpha value is 0.580. The lowest BCUT2D eigenvalue weighted by Crippen LogP contribution is -2.39. The van der Waals surface area contributed by atoms with Crippen LogP contribution in [0, 0.1) is 0 Å². The normalized spacial score (nSPS) is 15.3. The van der Waals surface area contributed by atoms with Gasteiger partial charge in [-0.3, -0.25) is 0 Å². The van der Waals surface area contributed by atoms with Gasteiger partial charge in [-0.25, -0.2) is 0 Å². The molecule has 0 spiro atoms. The van der Waals surface area contributed by atoms with Crippen LogP contribution in [0.5, 0.6) is 0 Å². The van der Waals surface area contributed by atoms with Crippen LogP contribution < -0.4 is 0 Å². The summed E-state index contributed by atoms with van der Waals surface area (Å²) < 4.78 is 12.3. The van der Waals surface area contributed by atoms with Gasteiger partial charge in [-0.05, 0) is 45.6 Å². The van der Waals surface area contributed by atoms with Gasteiger partial charge in [-0.2, -0.15) is 0 Å².